The first-order chi connectivity index (χ1) is 10.8. The highest BCUT2D eigenvalue weighted by Crippen LogP contribution is 2.38. The third-order valence-corrected chi connectivity index (χ3v) is 4.87. The number of nitrogens with zero attached hydrogens (tertiary/aromatic N) is 1. The van der Waals surface area contributed by atoms with Gasteiger partial charge in [-0.2, -0.15) is 0 Å². The molecule has 0 N–H and O–H groups in total. The lowest BCUT2D eigenvalue weighted by Crippen LogP contribution is -1.98. The molecule has 0 atom stereocenters. The van der Waals surface area contributed by atoms with Crippen molar-refractivity contribution in [1.82, 2.24) is 4.57 Å². The maximum atomic E-state index is 13.7. The summed E-state index contributed by atoms with van der Waals surface area (Å²) in [6.45, 7) is 0.799. The number of hydrogen-bond donors (Lipinski definition) is 0. The molecule has 0 saturated heterocycles. The van der Waals surface area contributed by atoms with E-state index in [4.69, 9.17) is 0 Å². The summed E-state index contributed by atoms with van der Waals surface area (Å²) < 4.78 is 15.9. The zero-order valence-corrected chi connectivity index (χ0v) is 12.6. The number of aromatic nitrogens is 1. The molecule has 1 saturated carbocycles. The minimum absolute atomic E-state index is 0.155. The Morgan fingerprint density at radius 3 is 2.55 bits per heavy atom. The van der Waals surface area contributed by atoms with Crippen molar-refractivity contribution in [2.75, 3.05) is 0 Å². The molecule has 2 aromatic carbocycles. The second-order valence-corrected chi connectivity index (χ2v) is 6.34. The lowest BCUT2D eigenvalue weighted by atomic mass is 9.97. The van der Waals surface area contributed by atoms with Gasteiger partial charge in [-0.25, -0.2) is 4.39 Å². The second-order valence-electron chi connectivity index (χ2n) is 6.34. The molecule has 0 unspecified atom stereocenters. The molecular formula is C20H20FN. The number of fused-ring (bicyclic) bond motifs is 1. The van der Waals surface area contributed by atoms with E-state index in [0.717, 1.165) is 12.1 Å². The van der Waals surface area contributed by atoms with Crippen molar-refractivity contribution in [3.05, 3.63) is 71.7 Å². The van der Waals surface area contributed by atoms with Crippen LogP contribution in [0, 0.1) is 5.82 Å². The summed E-state index contributed by atoms with van der Waals surface area (Å²) in [6, 6.07) is 15.6. The molecule has 1 nitrogen and oxygen atoms in total. The van der Waals surface area contributed by atoms with Gasteiger partial charge in [0.1, 0.15) is 5.82 Å². The van der Waals surface area contributed by atoms with Crippen molar-refractivity contribution in [3.8, 4) is 0 Å². The first-order valence-electron chi connectivity index (χ1n) is 8.13. The minimum atomic E-state index is -0.155. The highest BCUT2D eigenvalue weighted by atomic mass is 19.1. The fraction of sp³-hybridized carbons (Fsp3) is 0.300. The number of benzene rings is 2. The van der Waals surface area contributed by atoms with Gasteiger partial charge in [-0.3, -0.25) is 0 Å². The topological polar surface area (TPSA) is 4.93 Å². The van der Waals surface area contributed by atoms with Gasteiger partial charge in [-0.1, -0.05) is 43.2 Å². The number of halogens is 1. The lowest BCUT2D eigenvalue weighted by molar-refractivity contribution is 0.628. The zero-order chi connectivity index (χ0) is 14.9. The van der Waals surface area contributed by atoms with Gasteiger partial charge in [0.15, 0.2) is 0 Å². The van der Waals surface area contributed by atoms with Gasteiger partial charge >= 0.3 is 0 Å². The molecule has 22 heavy (non-hydrogen) atoms. The van der Waals surface area contributed by atoms with Crippen molar-refractivity contribution in [2.45, 2.75) is 38.1 Å². The van der Waals surface area contributed by atoms with E-state index in [1.807, 2.05) is 12.1 Å². The van der Waals surface area contributed by atoms with Crippen LogP contribution in [0.25, 0.3) is 10.9 Å². The number of hydrogen-bond acceptors (Lipinski definition) is 0. The molecule has 0 amide bonds. The quantitative estimate of drug-likeness (QED) is 0.602. The summed E-state index contributed by atoms with van der Waals surface area (Å²) in [4.78, 5) is 0. The van der Waals surface area contributed by atoms with Crippen LogP contribution >= 0.6 is 0 Å². The van der Waals surface area contributed by atoms with Crippen LogP contribution in [0.3, 0.4) is 0 Å². The van der Waals surface area contributed by atoms with Crippen LogP contribution in [-0.2, 0) is 6.54 Å². The SMILES string of the molecule is Fc1ccc2c(C3CCCC3)cn(Cc3ccccc3)c2c1. The van der Waals surface area contributed by atoms with Crippen molar-refractivity contribution < 1.29 is 4.39 Å². The normalized spacial score (nSPS) is 15.7. The maximum Gasteiger partial charge on any atom is 0.125 e. The van der Waals surface area contributed by atoms with Crippen LogP contribution in [-0.4, -0.2) is 4.57 Å². The Morgan fingerprint density at radius 2 is 1.77 bits per heavy atom. The summed E-state index contributed by atoms with van der Waals surface area (Å²) in [6.07, 6.45) is 7.42. The fourth-order valence-electron chi connectivity index (χ4n) is 3.77. The number of rotatable bonds is 3. The Labute approximate surface area is 130 Å². The molecule has 0 aliphatic heterocycles. The third kappa shape index (κ3) is 2.43. The average molecular weight is 293 g/mol. The predicted molar refractivity (Wildman–Crippen MR) is 88.6 cm³/mol. The van der Waals surface area contributed by atoms with Crippen molar-refractivity contribution in [1.29, 1.82) is 0 Å². The van der Waals surface area contributed by atoms with Gasteiger partial charge in [0.2, 0.25) is 0 Å². The lowest BCUT2D eigenvalue weighted by Gasteiger charge is -2.07. The summed E-state index contributed by atoms with van der Waals surface area (Å²) in [5, 5.41) is 1.23. The Kier molecular flexibility index (Phi) is 3.45. The van der Waals surface area contributed by atoms with Crippen LogP contribution in [0.5, 0.6) is 0 Å². The van der Waals surface area contributed by atoms with Crippen LogP contribution in [0.15, 0.2) is 54.7 Å². The molecule has 1 fully saturated rings. The molecule has 1 heterocycles. The molecule has 3 aromatic rings. The largest absolute Gasteiger partial charge is 0.343 e. The third-order valence-electron chi connectivity index (χ3n) is 4.87. The minimum Gasteiger partial charge on any atom is -0.343 e. The summed E-state index contributed by atoms with van der Waals surface area (Å²) in [5.74, 6) is 0.489. The Balaban J connectivity index is 1.81. The van der Waals surface area contributed by atoms with E-state index in [2.05, 4.69) is 35.0 Å². The van der Waals surface area contributed by atoms with E-state index in [1.54, 1.807) is 12.1 Å². The fourth-order valence-corrected chi connectivity index (χ4v) is 3.77. The average Bonchev–Trinajstić information content (AvgIpc) is 3.17. The molecule has 112 valence electrons. The van der Waals surface area contributed by atoms with E-state index in [-0.39, 0.29) is 5.82 Å². The second kappa shape index (κ2) is 5.60. The van der Waals surface area contributed by atoms with Crippen molar-refractivity contribution in [3.63, 3.8) is 0 Å². The van der Waals surface area contributed by atoms with E-state index >= 15 is 0 Å². The first-order valence-corrected chi connectivity index (χ1v) is 8.13. The van der Waals surface area contributed by atoms with Crippen molar-refractivity contribution >= 4 is 10.9 Å². The standard InChI is InChI=1S/C20H20FN/c21-17-10-11-18-19(16-8-4-5-9-16)14-22(20(18)12-17)13-15-6-2-1-3-7-15/h1-3,6-7,10-12,14,16H,4-5,8-9,13H2. The summed E-state index contributed by atoms with van der Waals surface area (Å²) in [5.41, 5.74) is 3.68. The Hall–Kier alpha value is -2.09. The molecule has 4 rings (SSSR count). The van der Waals surface area contributed by atoms with Crippen LogP contribution < -0.4 is 0 Å². The first kappa shape index (κ1) is 13.6. The van der Waals surface area contributed by atoms with Gasteiger partial charge in [0.25, 0.3) is 0 Å². The van der Waals surface area contributed by atoms with E-state index in [0.29, 0.717) is 5.92 Å². The van der Waals surface area contributed by atoms with Crippen LogP contribution in [0.4, 0.5) is 4.39 Å². The van der Waals surface area contributed by atoms with Gasteiger partial charge < -0.3 is 4.57 Å². The van der Waals surface area contributed by atoms with Gasteiger partial charge in [0, 0.05) is 18.1 Å². The van der Waals surface area contributed by atoms with E-state index in [1.165, 1.54) is 42.2 Å². The molecule has 0 spiro atoms. The highest BCUT2D eigenvalue weighted by molar-refractivity contribution is 5.84. The molecule has 0 radical (unpaired) electrons. The Morgan fingerprint density at radius 1 is 1.00 bits per heavy atom. The summed E-state index contributed by atoms with van der Waals surface area (Å²) in [7, 11) is 0. The molecule has 1 aliphatic rings. The zero-order valence-electron chi connectivity index (χ0n) is 12.6. The van der Waals surface area contributed by atoms with E-state index < -0.39 is 0 Å². The predicted octanol–water partition coefficient (Wildman–Crippen LogP) is 5.49. The molecular weight excluding hydrogens is 273 g/mol. The summed E-state index contributed by atoms with van der Waals surface area (Å²) >= 11 is 0. The maximum absolute atomic E-state index is 13.7. The molecule has 0 bridgehead atoms. The Bertz CT molecular complexity index is 782. The van der Waals surface area contributed by atoms with Crippen LogP contribution in [0.1, 0.15) is 42.7 Å². The van der Waals surface area contributed by atoms with E-state index in [9.17, 15) is 4.39 Å². The molecule has 1 aromatic heterocycles. The highest BCUT2D eigenvalue weighted by Gasteiger charge is 2.21. The van der Waals surface area contributed by atoms with Crippen LogP contribution in [0.2, 0.25) is 0 Å². The van der Waals surface area contributed by atoms with Crippen molar-refractivity contribution in [2.24, 2.45) is 0 Å². The smallest absolute Gasteiger partial charge is 0.125 e. The van der Waals surface area contributed by atoms with Gasteiger partial charge in [0.05, 0.1) is 5.52 Å². The van der Waals surface area contributed by atoms with Gasteiger partial charge in [-0.05, 0) is 48.1 Å². The molecule has 2 heteroatoms. The molecule has 1 aliphatic carbocycles. The van der Waals surface area contributed by atoms with Gasteiger partial charge in [-0.15, -0.1) is 0 Å². The monoisotopic (exact) mass is 293 g/mol.